The molecule has 0 atom stereocenters. The molecule has 8 heteroatoms. The van der Waals surface area contributed by atoms with Crippen LogP contribution in [0, 0.1) is 5.82 Å². The number of carbonyl (C=O) groups excluding carboxylic acids is 1. The minimum absolute atomic E-state index is 0.157. The predicted molar refractivity (Wildman–Crippen MR) is 72.6 cm³/mol. The van der Waals surface area contributed by atoms with Gasteiger partial charge in [0, 0.05) is 25.0 Å². The van der Waals surface area contributed by atoms with E-state index in [1.807, 2.05) is 0 Å². The molecular weight excluding hydrogens is 279 g/mol. The molecule has 1 heterocycles. The van der Waals surface area contributed by atoms with E-state index in [4.69, 9.17) is 10.8 Å². The topological polar surface area (TPSA) is 110 Å². The summed E-state index contributed by atoms with van der Waals surface area (Å²) in [6, 6.07) is 3.30. The average molecular weight is 292 g/mol. The van der Waals surface area contributed by atoms with Crippen LogP contribution in [0.5, 0.6) is 0 Å². The molecule has 4 N–H and O–H groups in total. The number of amides is 1. The monoisotopic (exact) mass is 292 g/mol. The van der Waals surface area contributed by atoms with Gasteiger partial charge in [0.05, 0.1) is 11.9 Å². The van der Waals surface area contributed by atoms with Gasteiger partial charge in [-0.3, -0.25) is 4.79 Å². The number of aromatic nitrogens is 2. The van der Waals surface area contributed by atoms with Gasteiger partial charge in [-0.25, -0.2) is 14.2 Å². The minimum atomic E-state index is -1.41. The van der Waals surface area contributed by atoms with Crippen molar-refractivity contribution in [2.24, 2.45) is 5.73 Å². The van der Waals surface area contributed by atoms with Crippen LogP contribution in [-0.4, -0.2) is 33.1 Å². The number of hydrogen-bond donors (Lipinski definition) is 3. The second-order valence-corrected chi connectivity index (χ2v) is 4.24. The summed E-state index contributed by atoms with van der Waals surface area (Å²) in [6.45, 7) is 0.942. The third-order valence-electron chi connectivity index (χ3n) is 2.71. The SMILES string of the molecule is NCCn1cnc(C(=O)Nc2ccc(F)c(C(=O)O)c2)c1. The Labute approximate surface area is 119 Å². The summed E-state index contributed by atoms with van der Waals surface area (Å²) in [5.41, 5.74) is 5.21. The fourth-order valence-electron chi connectivity index (χ4n) is 1.71. The quantitative estimate of drug-likeness (QED) is 0.759. The molecule has 0 fully saturated rings. The van der Waals surface area contributed by atoms with Crippen molar-refractivity contribution in [2.75, 3.05) is 11.9 Å². The van der Waals surface area contributed by atoms with Gasteiger partial charge in [-0.2, -0.15) is 0 Å². The molecule has 0 aliphatic rings. The standard InChI is InChI=1S/C13H13FN4O3/c14-10-2-1-8(5-9(10)13(20)21)17-12(19)11-6-18(4-3-15)7-16-11/h1-2,5-7H,3-4,15H2,(H,17,19)(H,20,21). The van der Waals surface area contributed by atoms with E-state index in [-0.39, 0.29) is 11.4 Å². The van der Waals surface area contributed by atoms with Crippen molar-refractivity contribution in [1.82, 2.24) is 9.55 Å². The number of aromatic carboxylic acids is 1. The van der Waals surface area contributed by atoms with Crippen LogP contribution in [0.15, 0.2) is 30.7 Å². The van der Waals surface area contributed by atoms with Crippen LogP contribution in [0.1, 0.15) is 20.8 Å². The normalized spacial score (nSPS) is 10.4. The Bertz CT molecular complexity index is 684. The van der Waals surface area contributed by atoms with Crippen molar-refractivity contribution in [3.05, 3.63) is 47.8 Å². The van der Waals surface area contributed by atoms with E-state index in [0.717, 1.165) is 12.1 Å². The highest BCUT2D eigenvalue weighted by Crippen LogP contribution is 2.15. The number of benzene rings is 1. The zero-order valence-electron chi connectivity index (χ0n) is 10.9. The summed E-state index contributed by atoms with van der Waals surface area (Å²) in [7, 11) is 0. The van der Waals surface area contributed by atoms with Crippen LogP contribution in [0.2, 0.25) is 0 Å². The molecule has 21 heavy (non-hydrogen) atoms. The summed E-state index contributed by atoms with van der Waals surface area (Å²) in [5.74, 6) is -2.79. The molecule has 0 saturated heterocycles. The highest BCUT2D eigenvalue weighted by molar-refractivity contribution is 6.03. The number of nitrogens with one attached hydrogen (secondary N) is 1. The van der Waals surface area contributed by atoms with Gasteiger partial charge in [-0.1, -0.05) is 0 Å². The average Bonchev–Trinajstić information content (AvgIpc) is 2.90. The van der Waals surface area contributed by atoms with E-state index < -0.39 is 23.3 Å². The smallest absolute Gasteiger partial charge is 0.338 e. The van der Waals surface area contributed by atoms with E-state index in [9.17, 15) is 14.0 Å². The van der Waals surface area contributed by atoms with Crippen molar-refractivity contribution in [3.8, 4) is 0 Å². The van der Waals surface area contributed by atoms with Gasteiger partial charge in [0.1, 0.15) is 11.5 Å². The van der Waals surface area contributed by atoms with Gasteiger partial charge in [0.2, 0.25) is 0 Å². The molecule has 1 amide bonds. The van der Waals surface area contributed by atoms with Crippen LogP contribution in [0.25, 0.3) is 0 Å². The van der Waals surface area contributed by atoms with Crippen LogP contribution in [0.3, 0.4) is 0 Å². The van der Waals surface area contributed by atoms with Gasteiger partial charge in [-0.05, 0) is 18.2 Å². The first-order valence-electron chi connectivity index (χ1n) is 6.07. The zero-order chi connectivity index (χ0) is 15.4. The lowest BCUT2D eigenvalue weighted by molar-refractivity contribution is 0.0691. The summed E-state index contributed by atoms with van der Waals surface area (Å²) in [4.78, 5) is 26.7. The Morgan fingerprint density at radius 2 is 2.19 bits per heavy atom. The van der Waals surface area contributed by atoms with Gasteiger partial charge in [-0.15, -0.1) is 0 Å². The van der Waals surface area contributed by atoms with Gasteiger partial charge >= 0.3 is 5.97 Å². The second kappa shape index (κ2) is 6.14. The maximum Gasteiger partial charge on any atom is 0.338 e. The number of carboxylic acid groups (broad SMARTS) is 1. The number of hydrogen-bond acceptors (Lipinski definition) is 4. The van der Waals surface area contributed by atoms with Crippen LogP contribution in [-0.2, 0) is 6.54 Å². The number of anilines is 1. The van der Waals surface area contributed by atoms with Crippen molar-refractivity contribution in [2.45, 2.75) is 6.54 Å². The first kappa shape index (κ1) is 14.7. The number of carboxylic acids is 1. The maximum atomic E-state index is 13.2. The molecule has 0 aliphatic carbocycles. The van der Waals surface area contributed by atoms with Crippen LogP contribution >= 0.6 is 0 Å². The Kier molecular flexibility index (Phi) is 4.29. The molecule has 0 saturated carbocycles. The lowest BCUT2D eigenvalue weighted by atomic mass is 10.2. The summed E-state index contributed by atoms with van der Waals surface area (Å²) in [5, 5.41) is 11.3. The largest absolute Gasteiger partial charge is 0.478 e. The molecule has 110 valence electrons. The second-order valence-electron chi connectivity index (χ2n) is 4.24. The first-order chi connectivity index (χ1) is 10.0. The third-order valence-corrected chi connectivity index (χ3v) is 2.71. The highest BCUT2D eigenvalue weighted by Gasteiger charge is 2.14. The fraction of sp³-hybridized carbons (Fsp3) is 0.154. The molecule has 0 bridgehead atoms. The zero-order valence-corrected chi connectivity index (χ0v) is 10.9. The van der Waals surface area contributed by atoms with Crippen molar-refractivity contribution in [1.29, 1.82) is 0 Å². The molecule has 1 aromatic carbocycles. The Morgan fingerprint density at radius 3 is 2.86 bits per heavy atom. The molecule has 0 radical (unpaired) electrons. The number of carbonyl (C=O) groups is 2. The third kappa shape index (κ3) is 3.42. The minimum Gasteiger partial charge on any atom is -0.478 e. The molecule has 7 nitrogen and oxygen atoms in total. The molecule has 2 aromatic rings. The number of nitrogens with two attached hydrogens (primary N) is 1. The van der Waals surface area contributed by atoms with Gasteiger partial charge < -0.3 is 20.7 Å². The molecular formula is C13H13FN4O3. The Morgan fingerprint density at radius 1 is 1.43 bits per heavy atom. The van der Waals surface area contributed by atoms with E-state index in [2.05, 4.69) is 10.3 Å². The van der Waals surface area contributed by atoms with E-state index >= 15 is 0 Å². The number of nitrogens with zero attached hydrogens (tertiary/aromatic N) is 2. The van der Waals surface area contributed by atoms with Gasteiger partial charge in [0.15, 0.2) is 0 Å². The molecule has 0 aliphatic heterocycles. The lowest BCUT2D eigenvalue weighted by Gasteiger charge is -2.05. The maximum absolute atomic E-state index is 13.2. The van der Waals surface area contributed by atoms with E-state index in [1.54, 1.807) is 4.57 Å². The predicted octanol–water partition coefficient (Wildman–Crippen LogP) is 0.931. The molecule has 0 unspecified atom stereocenters. The molecule has 1 aromatic heterocycles. The van der Waals surface area contributed by atoms with Crippen LogP contribution in [0.4, 0.5) is 10.1 Å². The van der Waals surface area contributed by atoms with E-state index in [0.29, 0.717) is 13.1 Å². The molecule has 0 spiro atoms. The first-order valence-corrected chi connectivity index (χ1v) is 6.07. The number of halogens is 1. The lowest BCUT2D eigenvalue weighted by Crippen LogP contribution is -2.13. The molecule has 2 rings (SSSR count). The highest BCUT2D eigenvalue weighted by atomic mass is 19.1. The van der Waals surface area contributed by atoms with E-state index in [1.165, 1.54) is 18.6 Å². The van der Waals surface area contributed by atoms with Crippen molar-refractivity contribution in [3.63, 3.8) is 0 Å². The van der Waals surface area contributed by atoms with Crippen molar-refractivity contribution < 1.29 is 19.1 Å². The summed E-state index contributed by atoms with van der Waals surface area (Å²) < 4.78 is 14.9. The fourth-order valence-corrected chi connectivity index (χ4v) is 1.71. The Balaban J connectivity index is 2.15. The van der Waals surface area contributed by atoms with Gasteiger partial charge in [0.25, 0.3) is 5.91 Å². The summed E-state index contributed by atoms with van der Waals surface area (Å²) >= 11 is 0. The number of imidazole rings is 1. The summed E-state index contributed by atoms with van der Waals surface area (Å²) in [6.07, 6.45) is 2.99. The van der Waals surface area contributed by atoms with Crippen molar-refractivity contribution >= 4 is 17.6 Å². The Hall–Kier alpha value is -2.74. The number of rotatable bonds is 5. The van der Waals surface area contributed by atoms with Crippen LogP contribution < -0.4 is 11.1 Å².